The van der Waals surface area contributed by atoms with Crippen LogP contribution in [-0.2, 0) is 0 Å². The molecule has 2 fully saturated rings. The average Bonchev–Trinajstić information content (AvgIpc) is 2.72. The van der Waals surface area contributed by atoms with E-state index in [2.05, 4.69) is 42.8 Å². The molecule has 116 valence electrons. The van der Waals surface area contributed by atoms with E-state index < -0.39 is 0 Å². The summed E-state index contributed by atoms with van der Waals surface area (Å²) in [6.07, 6.45) is 3.97. The molecule has 1 aromatic carbocycles. The van der Waals surface area contributed by atoms with Crippen molar-refractivity contribution in [3.05, 3.63) is 33.8 Å². The number of benzene rings is 1. The molecule has 2 saturated heterocycles. The quantitative estimate of drug-likeness (QED) is 0.728. The predicted octanol–water partition coefficient (Wildman–Crippen LogP) is 5.31. The Morgan fingerprint density at radius 2 is 2.05 bits per heavy atom. The summed E-state index contributed by atoms with van der Waals surface area (Å²) in [5.74, 6) is 3.82. The number of hydrogen-bond donors (Lipinski definition) is 0. The Hall–Kier alpha value is 0.110. The molecule has 3 rings (SSSR count). The first kappa shape index (κ1) is 16.0. The maximum absolute atomic E-state index is 6.25. The lowest BCUT2D eigenvalue weighted by Crippen LogP contribution is -2.46. The molecule has 4 unspecified atom stereocenters. The minimum atomic E-state index is 0.632. The smallest absolute Gasteiger partial charge is 0.0595 e. The first-order valence-corrected chi connectivity index (χ1v) is 9.77. The van der Waals surface area contributed by atoms with Gasteiger partial charge in [-0.05, 0) is 67.3 Å². The van der Waals surface area contributed by atoms with Crippen LogP contribution in [0.4, 0.5) is 0 Å². The lowest BCUT2D eigenvalue weighted by Gasteiger charge is -2.43. The van der Waals surface area contributed by atoms with Crippen LogP contribution in [0.5, 0.6) is 0 Å². The largest absolute Gasteiger partial charge is 0.300 e. The molecule has 4 heteroatoms. The van der Waals surface area contributed by atoms with Gasteiger partial charge >= 0.3 is 0 Å². The van der Waals surface area contributed by atoms with E-state index in [0.29, 0.717) is 16.0 Å². The first-order valence-electron chi connectivity index (χ1n) is 7.86. The molecule has 2 aliphatic heterocycles. The highest BCUT2D eigenvalue weighted by Crippen LogP contribution is 2.47. The summed E-state index contributed by atoms with van der Waals surface area (Å²) >= 11 is 14.4. The zero-order chi connectivity index (χ0) is 15.0. The normalized spacial score (nSPS) is 32.6. The fourth-order valence-corrected chi connectivity index (χ4v) is 5.45. The highest BCUT2D eigenvalue weighted by Gasteiger charge is 2.45. The second-order valence-corrected chi connectivity index (χ2v) is 8.44. The number of halogens is 2. The molecule has 2 heterocycles. The van der Waals surface area contributed by atoms with E-state index in [-0.39, 0.29) is 0 Å². The van der Waals surface area contributed by atoms with E-state index in [1.54, 1.807) is 0 Å². The summed E-state index contributed by atoms with van der Waals surface area (Å²) in [4.78, 5) is 2.63. The zero-order valence-corrected chi connectivity index (χ0v) is 15.0. The van der Waals surface area contributed by atoms with Crippen molar-refractivity contribution in [1.29, 1.82) is 0 Å². The summed E-state index contributed by atoms with van der Waals surface area (Å²) in [6.45, 7) is 2.25. The molecule has 0 amide bonds. The van der Waals surface area contributed by atoms with E-state index in [1.165, 1.54) is 36.3 Å². The Morgan fingerprint density at radius 1 is 1.24 bits per heavy atom. The fourth-order valence-electron chi connectivity index (χ4n) is 4.18. The predicted molar refractivity (Wildman–Crippen MR) is 94.9 cm³/mol. The van der Waals surface area contributed by atoms with Crippen molar-refractivity contribution >= 4 is 35.0 Å². The molecular formula is C17H23Cl2NS. The number of thioether (sulfide) groups is 1. The Bertz CT molecular complexity index is 508. The highest BCUT2D eigenvalue weighted by atomic mass is 35.5. The van der Waals surface area contributed by atoms with Gasteiger partial charge in [-0.2, -0.15) is 11.8 Å². The van der Waals surface area contributed by atoms with Gasteiger partial charge < -0.3 is 4.90 Å². The first-order chi connectivity index (χ1) is 10.1. The topological polar surface area (TPSA) is 3.24 Å². The monoisotopic (exact) mass is 343 g/mol. The van der Waals surface area contributed by atoms with Gasteiger partial charge in [0.1, 0.15) is 0 Å². The Balaban J connectivity index is 1.88. The van der Waals surface area contributed by atoms with Gasteiger partial charge in [0.15, 0.2) is 0 Å². The fraction of sp³-hybridized carbons (Fsp3) is 0.647. The minimum Gasteiger partial charge on any atom is -0.300 e. The van der Waals surface area contributed by atoms with Crippen molar-refractivity contribution in [2.75, 3.05) is 18.6 Å². The lowest BCUT2D eigenvalue weighted by molar-refractivity contribution is 0.112. The number of piperidine rings is 1. The number of rotatable bonds is 4. The van der Waals surface area contributed by atoms with Crippen LogP contribution < -0.4 is 0 Å². The van der Waals surface area contributed by atoms with E-state index in [1.807, 2.05) is 6.07 Å². The van der Waals surface area contributed by atoms with E-state index >= 15 is 0 Å². The van der Waals surface area contributed by atoms with Gasteiger partial charge in [-0.3, -0.25) is 0 Å². The van der Waals surface area contributed by atoms with Crippen LogP contribution in [-0.4, -0.2) is 35.5 Å². The summed E-state index contributed by atoms with van der Waals surface area (Å²) in [5.41, 5.74) is 1.39. The second-order valence-electron chi connectivity index (χ2n) is 6.30. The summed E-state index contributed by atoms with van der Waals surface area (Å²) in [7, 11) is 2.32. The van der Waals surface area contributed by atoms with Gasteiger partial charge in [0.05, 0.1) is 10.0 Å². The van der Waals surface area contributed by atoms with Crippen LogP contribution >= 0.6 is 35.0 Å². The van der Waals surface area contributed by atoms with Crippen molar-refractivity contribution in [3.8, 4) is 0 Å². The Labute approximate surface area is 142 Å². The zero-order valence-electron chi connectivity index (χ0n) is 12.7. The molecule has 0 saturated carbocycles. The summed E-state index contributed by atoms with van der Waals surface area (Å²) in [5, 5.41) is 1.36. The third-order valence-corrected chi connectivity index (χ3v) is 7.09. The molecule has 0 aliphatic carbocycles. The van der Waals surface area contributed by atoms with Crippen LogP contribution in [0.15, 0.2) is 18.2 Å². The summed E-state index contributed by atoms with van der Waals surface area (Å²) in [6, 6.07) is 7.74. The van der Waals surface area contributed by atoms with E-state index in [4.69, 9.17) is 23.2 Å². The van der Waals surface area contributed by atoms with Gasteiger partial charge in [-0.1, -0.05) is 36.2 Å². The number of hydrogen-bond acceptors (Lipinski definition) is 2. The van der Waals surface area contributed by atoms with Crippen LogP contribution in [0.1, 0.15) is 37.7 Å². The van der Waals surface area contributed by atoms with Gasteiger partial charge in [-0.15, -0.1) is 0 Å². The third-order valence-electron chi connectivity index (χ3n) is 5.32. The van der Waals surface area contributed by atoms with Crippen molar-refractivity contribution in [3.63, 3.8) is 0 Å². The van der Waals surface area contributed by atoms with Crippen molar-refractivity contribution in [2.24, 2.45) is 5.92 Å². The molecule has 0 N–H and O–H groups in total. The molecule has 0 radical (unpaired) electrons. The molecule has 2 aliphatic rings. The van der Waals surface area contributed by atoms with Gasteiger partial charge in [0, 0.05) is 12.1 Å². The Kier molecular flexibility index (Phi) is 5.10. The maximum atomic E-state index is 6.25. The Morgan fingerprint density at radius 3 is 2.76 bits per heavy atom. The maximum Gasteiger partial charge on any atom is 0.0595 e. The molecule has 0 aromatic heterocycles. The second kappa shape index (κ2) is 6.70. The number of nitrogens with zero attached hydrogens (tertiary/aromatic N) is 1. The van der Waals surface area contributed by atoms with Gasteiger partial charge in [0.25, 0.3) is 0 Å². The molecule has 2 bridgehead atoms. The summed E-state index contributed by atoms with van der Waals surface area (Å²) < 4.78 is 0. The average molecular weight is 344 g/mol. The van der Waals surface area contributed by atoms with Crippen molar-refractivity contribution in [1.82, 2.24) is 4.90 Å². The number of fused-ring (bicyclic) bond motifs is 2. The molecule has 1 aromatic rings. The van der Waals surface area contributed by atoms with Crippen LogP contribution in [0, 0.1) is 5.92 Å². The molecule has 1 nitrogen and oxygen atoms in total. The van der Waals surface area contributed by atoms with E-state index in [9.17, 15) is 0 Å². The molecule has 0 spiro atoms. The van der Waals surface area contributed by atoms with Crippen LogP contribution in [0.2, 0.25) is 10.0 Å². The third kappa shape index (κ3) is 3.10. The van der Waals surface area contributed by atoms with Gasteiger partial charge in [-0.25, -0.2) is 0 Å². The lowest BCUT2D eigenvalue weighted by atomic mass is 9.77. The SMILES string of the molecule is CCSCC1C(c2ccc(Cl)c(Cl)c2)CC2CCC1N2C. The van der Waals surface area contributed by atoms with Gasteiger partial charge in [0.2, 0.25) is 0 Å². The molecule has 21 heavy (non-hydrogen) atoms. The molecule has 4 atom stereocenters. The molecular weight excluding hydrogens is 321 g/mol. The minimum absolute atomic E-state index is 0.632. The van der Waals surface area contributed by atoms with Crippen molar-refractivity contribution < 1.29 is 0 Å². The van der Waals surface area contributed by atoms with Crippen LogP contribution in [0.25, 0.3) is 0 Å². The van der Waals surface area contributed by atoms with Crippen molar-refractivity contribution in [2.45, 2.75) is 44.2 Å². The van der Waals surface area contributed by atoms with Crippen LogP contribution in [0.3, 0.4) is 0 Å². The standard InChI is InChI=1S/C17H23Cl2NS/c1-3-21-10-14-13(9-12-5-7-17(14)20(12)2)11-4-6-15(18)16(19)8-11/h4,6,8,12-14,17H,3,5,7,9-10H2,1-2H3. The highest BCUT2D eigenvalue weighted by molar-refractivity contribution is 7.99. The van der Waals surface area contributed by atoms with E-state index in [0.717, 1.165) is 18.0 Å².